The van der Waals surface area contributed by atoms with Gasteiger partial charge in [0.25, 0.3) is 0 Å². The Bertz CT molecular complexity index is 632. The van der Waals surface area contributed by atoms with E-state index in [1.165, 1.54) is 24.3 Å². The molecular weight excluding hydrogens is 306 g/mol. The summed E-state index contributed by atoms with van der Waals surface area (Å²) in [7, 11) is 0. The fourth-order valence-electron chi connectivity index (χ4n) is 1.71. The van der Waals surface area contributed by atoms with Crippen molar-refractivity contribution < 1.29 is 13.5 Å². The number of alkyl halides is 2. The van der Waals surface area contributed by atoms with Gasteiger partial charge < -0.3 is 4.74 Å². The Hall–Kier alpha value is -2.34. The molecule has 2 rings (SSSR count). The molecule has 130 valence electrons. The normalized spacial score (nSPS) is 9.33. The zero-order valence-electron chi connectivity index (χ0n) is 15.3. The second kappa shape index (κ2) is 11.2. The number of benzene rings is 2. The van der Waals surface area contributed by atoms with Gasteiger partial charge in [0.1, 0.15) is 5.75 Å². The van der Waals surface area contributed by atoms with Crippen molar-refractivity contribution in [2.75, 3.05) is 0 Å². The summed E-state index contributed by atoms with van der Waals surface area (Å²) in [6, 6.07) is 12.3. The summed E-state index contributed by atoms with van der Waals surface area (Å²) in [6.07, 6.45) is -3.37. The van der Waals surface area contributed by atoms with Crippen LogP contribution in [0.1, 0.15) is 51.3 Å². The molecule has 3 heteroatoms. The Labute approximate surface area is 144 Å². The lowest BCUT2D eigenvalue weighted by atomic mass is 10.1. The lowest BCUT2D eigenvalue weighted by molar-refractivity contribution is -0.185. The highest BCUT2D eigenvalue weighted by atomic mass is 19.3. The zero-order chi connectivity index (χ0) is 18.6. The molecule has 0 heterocycles. The molecule has 0 aliphatic carbocycles. The maximum absolute atomic E-state index is 14.0. The highest BCUT2D eigenvalue weighted by Crippen LogP contribution is 2.31. The quantitative estimate of drug-likeness (QED) is 0.579. The number of ether oxygens (including phenoxy) is 1. The van der Waals surface area contributed by atoms with E-state index in [1.54, 1.807) is 31.2 Å². The summed E-state index contributed by atoms with van der Waals surface area (Å²) >= 11 is 0. The summed E-state index contributed by atoms with van der Waals surface area (Å²) in [6.45, 7) is 11.6. The number of rotatable bonds is 3. The lowest BCUT2D eigenvalue weighted by Gasteiger charge is -2.18. The minimum atomic E-state index is -3.37. The average molecular weight is 332 g/mol. The first-order valence-electron chi connectivity index (χ1n) is 8.18. The molecule has 0 amide bonds. The van der Waals surface area contributed by atoms with Crippen LogP contribution in [0, 0.1) is 18.8 Å². The van der Waals surface area contributed by atoms with Crippen molar-refractivity contribution >= 4 is 0 Å². The Morgan fingerprint density at radius 3 is 1.79 bits per heavy atom. The molecule has 0 spiro atoms. The van der Waals surface area contributed by atoms with Crippen molar-refractivity contribution in [3.05, 3.63) is 65.2 Å². The highest BCUT2D eigenvalue weighted by molar-refractivity contribution is 5.37. The second-order valence-electron chi connectivity index (χ2n) is 4.38. The lowest BCUT2D eigenvalue weighted by Crippen LogP contribution is -2.21. The Balaban J connectivity index is 0.00000123. The van der Waals surface area contributed by atoms with Gasteiger partial charge in [0.15, 0.2) is 0 Å². The van der Waals surface area contributed by atoms with Crippen molar-refractivity contribution in [3.63, 3.8) is 0 Å². The summed E-state index contributed by atoms with van der Waals surface area (Å²) in [4.78, 5) is 0. The molecule has 0 aromatic heterocycles. The molecular formula is C21H26F2O. The van der Waals surface area contributed by atoms with Gasteiger partial charge >= 0.3 is 6.11 Å². The van der Waals surface area contributed by atoms with E-state index in [-0.39, 0.29) is 11.3 Å². The SMILES string of the molecule is CC.CC.CC#Cc1ccc(C(F)(F)Oc2ccc(C)cc2)cc1. The van der Waals surface area contributed by atoms with Crippen LogP contribution in [0.4, 0.5) is 8.78 Å². The second-order valence-corrected chi connectivity index (χ2v) is 4.38. The van der Waals surface area contributed by atoms with E-state index in [4.69, 9.17) is 4.74 Å². The van der Waals surface area contributed by atoms with Gasteiger partial charge in [-0.25, -0.2) is 0 Å². The molecule has 0 saturated carbocycles. The number of hydrogen-bond donors (Lipinski definition) is 0. The van der Waals surface area contributed by atoms with E-state index in [1.807, 2.05) is 34.6 Å². The largest absolute Gasteiger partial charge is 0.429 e. The van der Waals surface area contributed by atoms with Crippen molar-refractivity contribution in [1.29, 1.82) is 0 Å². The first-order valence-corrected chi connectivity index (χ1v) is 8.18. The molecule has 0 unspecified atom stereocenters. The smallest absolute Gasteiger partial charge is 0.426 e. The van der Waals surface area contributed by atoms with E-state index in [0.717, 1.165) is 5.56 Å². The van der Waals surface area contributed by atoms with Gasteiger partial charge in [0, 0.05) is 5.56 Å². The monoisotopic (exact) mass is 332 g/mol. The van der Waals surface area contributed by atoms with Crippen LogP contribution >= 0.6 is 0 Å². The van der Waals surface area contributed by atoms with Gasteiger partial charge in [-0.3, -0.25) is 0 Å². The van der Waals surface area contributed by atoms with Gasteiger partial charge in [0.05, 0.1) is 5.56 Å². The predicted octanol–water partition coefficient (Wildman–Crippen LogP) is 6.55. The van der Waals surface area contributed by atoms with Crippen LogP contribution in [0.3, 0.4) is 0 Å². The third-order valence-electron chi connectivity index (χ3n) is 2.76. The van der Waals surface area contributed by atoms with Crippen molar-refractivity contribution in [2.24, 2.45) is 0 Å². The zero-order valence-corrected chi connectivity index (χ0v) is 15.3. The van der Waals surface area contributed by atoms with Gasteiger partial charge in [-0.2, -0.15) is 8.78 Å². The van der Waals surface area contributed by atoms with Crippen LogP contribution in [0.5, 0.6) is 5.75 Å². The number of halogens is 2. The first kappa shape index (κ1) is 21.7. The van der Waals surface area contributed by atoms with Crippen molar-refractivity contribution in [3.8, 4) is 17.6 Å². The Kier molecular flexibility index (Phi) is 10.1. The van der Waals surface area contributed by atoms with E-state index in [2.05, 4.69) is 11.8 Å². The third-order valence-corrected chi connectivity index (χ3v) is 2.76. The maximum Gasteiger partial charge on any atom is 0.426 e. The van der Waals surface area contributed by atoms with Gasteiger partial charge in [0.2, 0.25) is 0 Å². The summed E-state index contributed by atoms with van der Waals surface area (Å²) < 4.78 is 32.8. The first-order chi connectivity index (χ1) is 11.5. The molecule has 0 atom stereocenters. The standard InChI is InChI=1S/C17H14F2O.2C2H6/c1-3-4-14-7-9-15(10-8-14)17(18,19)20-16-11-5-13(2)6-12-16;2*1-2/h5-12H,1-2H3;2*1-2H3. The van der Waals surface area contributed by atoms with Crippen LogP contribution in [-0.2, 0) is 6.11 Å². The van der Waals surface area contributed by atoms with Crippen LogP contribution in [0.2, 0.25) is 0 Å². The van der Waals surface area contributed by atoms with Gasteiger partial charge in [-0.05, 0) is 50.2 Å². The molecule has 0 bridgehead atoms. The fraction of sp³-hybridized carbons (Fsp3) is 0.333. The molecule has 24 heavy (non-hydrogen) atoms. The molecule has 0 radical (unpaired) electrons. The van der Waals surface area contributed by atoms with Crippen LogP contribution in [0.15, 0.2) is 48.5 Å². The topological polar surface area (TPSA) is 9.23 Å². The summed E-state index contributed by atoms with van der Waals surface area (Å²) in [5, 5.41) is 0. The number of aryl methyl sites for hydroxylation is 1. The minimum absolute atomic E-state index is 0.137. The van der Waals surface area contributed by atoms with Crippen LogP contribution in [0.25, 0.3) is 0 Å². The fourth-order valence-corrected chi connectivity index (χ4v) is 1.71. The third kappa shape index (κ3) is 6.83. The van der Waals surface area contributed by atoms with Crippen LogP contribution < -0.4 is 4.74 Å². The Morgan fingerprint density at radius 2 is 1.33 bits per heavy atom. The maximum atomic E-state index is 14.0. The van der Waals surface area contributed by atoms with Crippen LogP contribution in [-0.4, -0.2) is 0 Å². The molecule has 0 aliphatic heterocycles. The molecule has 0 saturated heterocycles. The predicted molar refractivity (Wildman–Crippen MR) is 97.4 cm³/mol. The van der Waals surface area contributed by atoms with Crippen molar-refractivity contribution in [1.82, 2.24) is 0 Å². The molecule has 0 N–H and O–H groups in total. The summed E-state index contributed by atoms with van der Waals surface area (Å²) in [5.41, 5.74) is 1.49. The average Bonchev–Trinajstić information content (AvgIpc) is 2.61. The minimum Gasteiger partial charge on any atom is -0.429 e. The molecule has 2 aromatic carbocycles. The number of hydrogen-bond acceptors (Lipinski definition) is 1. The van der Waals surface area contributed by atoms with E-state index in [0.29, 0.717) is 5.56 Å². The molecule has 0 aliphatic rings. The highest BCUT2D eigenvalue weighted by Gasteiger charge is 2.34. The Morgan fingerprint density at radius 1 is 0.833 bits per heavy atom. The van der Waals surface area contributed by atoms with Gasteiger partial charge in [-0.1, -0.05) is 51.3 Å². The van der Waals surface area contributed by atoms with Gasteiger partial charge in [-0.15, -0.1) is 5.92 Å². The molecule has 1 nitrogen and oxygen atoms in total. The van der Waals surface area contributed by atoms with E-state index < -0.39 is 6.11 Å². The van der Waals surface area contributed by atoms with E-state index in [9.17, 15) is 8.78 Å². The molecule has 0 fully saturated rings. The molecule has 2 aromatic rings. The van der Waals surface area contributed by atoms with Crippen molar-refractivity contribution in [2.45, 2.75) is 47.7 Å². The van der Waals surface area contributed by atoms with E-state index >= 15 is 0 Å². The summed E-state index contributed by atoms with van der Waals surface area (Å²) in [5.74, 6) is 5.66.